The fourth-order valence-electron chi connectivity index (χ4n) is 7.11. The van der Waals surface area contributed by atoms with E-state index < -0.39 is 0 Å². The molecule has 0 saturated carbocycles. The highest BCUT2D eigenvalue weighted by Gasteiger charge is 2.24. The van der Waals surface area contributed by atoms with E-state index in [2.05, 4.69) is 173 Å². The number of nitrogens with zero attached hydrogens (tertiary/aromatic N) is 5. The van der Waals surface area contributed by atoms with Gasteiger partial charge in [-0.15, -0.1) is 0 Å². The van der Waals surface area contributed by atoms with Gasteiger partial charge in [-0.3, -0.25) is 0 Å². The molecule has 0 bridgehead atoms. The number of aryl methyl sites for hydroxylation is 1. The van der Waals surface area contributed by atoms with Crippen molar-refractivity contribution in [3.05, 3.63) is 140 Å². The van der Waals surface area contributed by atoms with Crippen LogP contribution in [0.2, 0.25) is 0 Å². The number of para-hydroxylation sites is 4. The van der Waals surface area contributed by atoms with Crippen molar-refractivity contribution < 1.29 is 0 Å². The van der Waals surface area contributed by atoms with Crippen molar-refractivity contribution in [2.45, 2.75) is 0 Å². The van der Waals surface area contributed by atoms with E-state index in [-0.39, 0.29) is 0 Å². The molecule has 0 N–H and O–H groups in total. The maximum absolute atomic E-state index is 5.26. The van der Waals surface area contributed by atoms with Gasteiger partial charge >= 0.3 is 0 Å². The predicted molar refractivity (Wildman–Crippen MR) is 188 cm³/mol. The zero-order valence-corrected chi connectivity index (χ0v) is 25.2. The van der Waals surface area contributed by atoms with Crippen LogP contribution in [0, 0.1) is 0 Å². The van der Waals surface area contributed by atoms with Crippen molar-refractivity contribution in [3.63, 3.8) is 0 Å². The first-order valence-corrected chi connectivity index (χ1v) is 15.4. The number of hydrogen-bond acceptors (Lipinski definition) is 3. The molecule has 216 valence electrons. The molecule has 2 aromatic heterocycles. The number of rotatable bonds is 4. The first kappa shape index (κ1) is 25.7. The average Bonchev–Trinajstić information content (AvgIpc) is 3.74. The van der Waals surface area contributed by atoms with Crippen LogP contribution in [0.1, 0.15) is 0 Å². The lowest BCUT2D eigenvalue weighted by atomic mass is 10.0. The zero-order valence-electron chi connectivity index (χ0n) is 25.2. The topological polar surface area (TPSA) is 29.2 Å². The van der Waals surface area contributed by atoms with Gasteiger partial charge in [0.05, 0.1) is 40.1 Å². The minimum atomic E-state index is 0.817. The first-order valence-electron chi connectivity index (χ1n) is 15.4. The Labute approximate surface area is 261 Å². The molecule has 1 aliphatic heterocycles. The second-order valence-electron chi connectivity index (χ2n) is 11.9. The Morgan fingerprint density at radius 2 is 1.24 bits per heavy atom. The van der Waals surface area contributed by atoms with E-state index >= 15 is 0 Å². The Morgan fingerprint density at radius 1 is 0.533 bits per heavy atom. The van der Waals surface area contributed by atoms with Gasteiger partial charge in [-0.05, 0) is 54.1 Å². The van der Waals surface area contributed by atoms with Crippen molar-refractivity contribution in [3.8, 4) is 28.2 Å². The monoisotopic (exact) mass is 581 g/mol. The number of anilines is 3. The fraction of sp³-hybridized carbons (Fsp3) is 0.0750. The summed E-state index contributed by atoms with van der Waals surface area (Å²) in [6.07, 6.45) is 0. The van der Waals surface area contributed by atoms with Gasteiger partial charge in [0.25, 0.3) is 0 Å². The highest BCUT2D eigenvalue weighted by atomic mass is 15.4. The van der Waals surface area contributed by atoms with Crippen LogP contribution in [0.25, 0.3) is 61.0 Å². The molecule has 1 aliphatic rings. The molecule has 5 heteroatoms. The summed E-state index contributed by atoms with van der Waals surface area (Å²) in [5.41, 5.74) is 12.7. The lowest BCUT2D eigenvalue weighted by Crippen LogP contribution is -2.24. The molecule has 6 aromatic carbocycles. The Kier molecular flexibility index (Phi) is 5.62. The summed E-state index contributed by atoms with van der Waals surface area (Å²) in [6.45, 7) is 0.817. The van der Waals surface area contributed by atoms with Gasteiger partial charge in [-0.1, -0.05) is 91.0 Å². The number of benzene rings is 6. The van der Waals surface area contributed by atoms with Crippen molar-refractivity contribution in [2.24, 2.45) is 7.05 Å². The van der Waals surface area contributed by atoms with Gasteiger partial charge in [0.2, 0.25) is 0 Å². The van der Waals surface area contributed by atoms with Gasteiger partial charge in [0.1, 0.15) is 5.82 Å². The standard InChI is InChI=1S/C40H31N5/c1-42-26-44(36-20-9-8-19-35(36)42)29-14-10-15-30(25-29)45-34-18-7-6-16-32(34)33-23-22-28(24-38(33)45)40-41-39-31(27-12-4-3-5-13-27)17-11-21-37(39)43(40)2/h3-25H,26H2,1-2H3. The molecule has 45 heavy (non-hydrogen) atoms. The van der Waals surface area contributed by atoms with E-state index in [1.54, 1.807) is 0 Å². The molecule has 0 aliphatic carbocycles. The molecule has 0 fully saturated rings. The summed E-state index contributed by atoms with van der Waals surface area (Å²) in [6, 6.07) is 50.0. The maximum atomic E-state index is 5.26. The molecule has 0 radical (unpaired) electrons. The zero-order chi connectivity index (χ0) is 30.1. The van der Waals surface area contributed by atoms with E-state index in [0.29, 0.717) is 0 Å². The van der Waals surface area contributed by atoms with Crippen molar-refractivity contribution in [2.75, 3.05) is 23.5 Å². The molecular formula is C40H31N5. The van der Waals surface area contributed by atoms with E-state index in [4.69, 9.17) is 4.98 Å². The Bertz CT molecular complexity index is 2400. The summed E-state index contributed by atoms with van der Waals surface area (Å²) in [7, 11) is 4.27. The largest absolute Gasteiger partial charge is 0.355 e. The van der Waals surface area contributed by atoms with Crippen LogP contribution in [0.15, 0.2) is 140 Å². The van der Waals surface area contributed by atoms with E-state index in [9.17, 15) is 0 Å². The first-order chi connectivity index (χ1) is 22.2. The summed E-state index contributed by atoms with van der Waals surface area (Å²) in [5, 5.41) is 2.47. The minimum Gasteiger partial charge on any atom is -0.355 e. The van der Waals surface area contributed by atoms with E-state index in [1.807, 2.05) is 0 Å². The van der Waals surface area contributed by atoms with Gasteiger partial charge in [-0.25, -0.2) is 4.98 Å². The van der Waals surface area contributed by atoms with Gasteiger partial charge in [-0.2, -0.15) is 0 Å². The van der Waals surface area contributed by atoms with Crippen molar-refractivity contribution in [1.82, 2.24) is 14.1 Å². The molecule has 0 spiro atoms. The second kappa shape index (κ2) is 9.86. The molecule has 5 nitrogen and oxygen atoms in total. The van der Waals surface area contributed by atoms with Crippen LogP contribution >= 0.6 is 0 Å². The molecular weight excluding hydrogens is 550 g/mol. The summed E-state index contributed by atoms with van der Waals surface area (Å²) >= 11 is 0. The third kappa shape index (κ3) is 3.90. The Balaban J connectivity index is 1.23. The lowest BCUT2D eigenvalue weighted by molar-refractivity contribution is 0.948. The van der Waals surface area contributed by atoms with E-state index in [1.165, 1.54) is 44.4 Å². The molecule has 8 aromatic rings. The summed E-state index contributed by atoms with van der Waals surface area (Å²) < 4.78 is 4.62. The molecule has 0 saturated heterocycles. The number of aromatic nitrogens is 3. The maximum Gasteiger partial charge on any atom is 0.140 e. The van der Waals surface area contributed by atoms with Crippen LogP contribution in [0.3, 0.4) is 0 Å². The van der Waals surface area contributed by atoms with Crippen LogP contribution in [0.4, 0.5) is 17.1 Å². The lowest BCUT2D eigenvalue weighted by Gasteiger charge is -2.21. The van der Waals surface area contributed by atoms with E-state index in [0.717, 1.165) is 40.3 Å². The number of fused-ring (bicyclic) bond motifs is 5. The quantitative estimate of drug-likeness (QED) is 0.207. The molecule has 3 heterocycles. The highest BCUT2D eigenvalue weighted by molar-refractivity contribution is 6.10. The normalized spacial score (nSPS) is 12.9. The van der Waals surface area contributed by atoms with Crippen molar-refractivity contribution >= 4 is 49.9 Å². The molecule has 0 unspecified atom stereocenters. The highest BCUT2D eigenvalue weighted by Crippen LogP contribution is 2.41. The van der Waals surface area contributed by atoms with Gasteiger partial charge in [0, 0.05) is 47.4 Å². The molecule has 0 amide bonds. The smallest absolute Gasteiger partial charge is 0.140 e. The second-order valence-corrected chi connectivity index (χ2v) is 11.9. The third-order valence-electron chi connectivity index (χ3n) is 9.27. The SMILES string of the molecule is CN1CN(c2cccc(-n3c4ccccc4c4ccc(-c5nc6c(-c7ccccc7)cccc6n5C)cc43)c2)c2ccccc21. The summed E-state index contributed by atoms with van der Waals surface area (Å²) in [5.74, 6) is 0.956. The van der Waals surface area contributed by atoms with Crippen molar-refractivity contribution in [1.29, 1.82) is 0 Å². The van der Waals surface area contributed by atoms with Crippen LogP contribution in [-0.2, 0) is 7.05 Å². The van der Waals surface area contributed by atoms with Crippen LogP contribution in [0.5, 0.6) is 0 Å². The molecule has 0 atom stereocenters. The van der Waals surface area contributed by atoms with Crippen LogP contribution < -0.4 is 9.80 Å². The average molecular weight is 582 g/mol. The van der Waals surface area contributed by atoms with Gasteiger partial charge in [0.15, 0.2) is 0 Å². The van der Waals surface area contributed by atoms with Gasteiger partial charge < -0.3 is 18.9 Å². The Hall–Kier alpha value is -5.81. The summed E-state index contributed by atoms with van der Waals surface area (Å²) in [4.78, 5) is 9.95. The minimum absolute atomic E-state index is 0.817. The third-order valence-corrected chi connectivity index (χ3v) is 9.27. The van der Waals surface area contributed by atoms with Crippen LogP contribution in [-0.4, -0.2) is 27.8 Å². The Morgan fingerprint density at radius 3 is 2.13 bits per heavy atom. The number of hydrogen-bond donors (Lipinski definition) is 0. The molecule has 9 rings (SSSR count). The fourth-order valence-corrected chi connectivity index (χ4v) is 7.11. The number of imidazole rings is 1. The predicted octanol–water partition coefficient (Wildman–Crippen LogP) is 9.55.